The molecular weight excluding hydrogens is 392 g/mol. The Balaban J connectivity index is 1.50. The number of pyridine rings is 1. The summed E-state index contributed by atoms with van der Waals surface area (Å²) in [5.74, 6) is 0.685. The van der Waals surface area contributed by atoms with Crippen LogP contribution >= 0.6 is 0 Å². The molecule has 3 aromatic heterocycles. The van der Waals surface area contributed by atoms with Crippen LogP contribution in [-0.4, -0.2) is 36.2 Å². The summed E-state index contributed by atoms with van der Waals surface area (Å²) in [5, 5.41) is 1.98. The number of rotatable bonds is 3. The van der Waals surface area contributed by atoms with E-state index in [2.05, 4.69) is 22.0 Å². The molecule has 6 nitrogen and oxygen atoms in total. The molecule has 6 heteroatoms. The zero-order valence-corrected chi connectivity index (χ0v) is 17.6. The van der Waals surface area contributed by atoms with E-state index in [1.165, 1.54) is 11.1 Å². The van der Waals surface area contributed by atoms with Gasteiger partial charge in [-0.1, -0.05) is 0 Å². The highest BCUT2D eigenvalue weighted by atomic mass is 16.5. The van der Waals surface area contributed by atoms with Crippen LogP contribution in [0.5, 0.6) is 0 Å². The molecule has 1 fully saturated rings. The predicted octanol–water partition coefficient (Wildman–Crippen LogP) is 4.23. The third-order valence-electron chi connectivity index (χ3n) is 6.54. The number of aryl methyl sites for hydroxylation is 3. The molecule has 0 bridgehead atoms. The van der Waals surface area contributed by atoms with Crippen LogP contribution in [0.2, 0.25) is 0 Å². The topological polar surface area (TPSA) is 68.7 Å². The summed E-state index contributed by atoms with van der Waals surface area (Å²) in [4.78, 5) is 19.3. The molecular formula is C25H24N2O4. The molecule has 0 unspecified atom stereocenters. The lowest BCUT2D eigenvalue weighted by atomic mass is 10.0. The Hall–Kier alpha value is -2.96. The molecule has 0 radical (unpaired) electrons. The Morgan fingerprint density at radius 2 is 1.81 bits per heavy atom. The van der Waals surface area contributed by atoms with Gasteiger partial charge in [0.2, 0.25) is 0 Å². The minimum atomic E-state index is -0.357. The van der Waals surface area contributed by atoms with Crippen molar-refractivity contribution in [3.63, 3.8) is 0 Å². The first-order valence-electron chi connectivity index (χ1n) is 10.9. The van der Waals surface area contributed by atoms with Gasteiger partial charge in [0.05, 0.1) is 18.9 Å². The van der Waals surface area contributed by atoms with E-state index < -0.39 is 0 Å². The number of hydrogen-bond acceptors (Lipinski definition) is 6. The first kappa shape index (κ1) is 18.8. The maximum absolute atomic E-state index is 12.4. The standard InChI is InChI=1S/C25H24N2O4/c1-15-25-19(18(13-26-15)14-27-5-7-29-8-6-27)11-23(31-25)21-12-24(28)30-22-10-17-4-2-3-16(17)9-20(21)22/h9-13H,2-8,14H2,1H3. The van der Waals surface area contributed by atoms with Crippen molar-refractivity contribution in [2.75, 3.05) is 26.3 Å². The molecule has 1 saturated heterocycles. The molecule has 1 aromatic carbocycles. The van der Waals surface area contributed by atoms with Crippen molar-refractivity contribution in [3.8, 4) is 11.3 Å². The normalized spacial score (nSPS) is 16.9. The van der Waals surface area contributed by atoms with Gasteiger partial charge >= 0.3 is 5.63 Å². The van der Waals surface area contributed by atoms with Gasteiger partial charge in [-0.15, -0.1) is 0 Å². The van der Waals surface area contributed by atoms with Gasteiger partial charge in [0, 0.05) is 48.2 Å². The van der Waals surface area contributed by atoms with Crippen molar-refractivity contribution in [2.45, 2.75) is 32.7 Å². The molecule has 158 valence electrons. The molecule has 0 amide bonds. The molecule has 2 aliphatic rings. The van der Waals surface area contributed by atoms with Crippen molar-refractivity contribution in [1.29, 1.82) is 0 Å². The second-order valence-electron chi connectivity index (χ2n) is 8.56. The van der Waals surface area contributed by atoms with E-state index in [1.807, 2.05) is 19.2 Å². The molecule has 6 rings (SSSR count). The Bertz CT molecular complexity index is 1360. The summed E-state index contributed by atoms with van der Waals surface area (Å²) in [6.07, 6.45) is 5.19. The summed E-state index contributed by atoms with van der Waals surface area (Å²) >= 11 is 0. The minimum absolute atomic E-state index is 0.357. The maximum Gasteiger partial charge on any atom is 0.336 e. The Labute approximate surface area is 179 Å². The Kier molecular flexibility index (Phi) is 4.44. The van der Waals surface area contributed by atoms with Gasteiger partial charge in [-0.3, -0.25) is 9.88 Å². The van der Waals surface area contributed by atoms with Gasteiger partial charge in [-0.05, 0) is 61.1 Å². The van der Waals surface area contributed by atoms with Crippen molar-refractivity contribution in [3.05, 3.63) is 63.3 Å². The SMILES string of the molecule is Cc1ncc(CN2CCOCC2)c2cc(-c3cc(=O)oc4cc5c(cc34)CCC5)oc12. The van der Waals surface area contributed by atoms with Crippen molar-refractivity contribution in [1.82, 2.24) is 9.88 Å². The Morgan fingerprint density at radius 3 is 2.65 bits per heavy atom. The number of hydrogen-bond donors (Lipinski definition) is 0. The molecule has 1 aliphatic heterocycles. The van der Waals surface area contributed by atoms with E-state index in [4.69, 9.17) is 13.6 Å². The first-order chi connectivity index (χ1) is 15.2. The van der Waals surface area contributed by atoms with Crippen molar-refractivity contribution in [2.24, 2.45) is 0 Å². The largest absolute Gasteiger partial charge is 0.454 e. The van der Waals surface area contributed by atoms with E-state index in [0.717, 1.165) is 85.3 Å². The van der Waals surface area contributed by atoms with E-state index in [9.17, 15) is 4.79 Å². The van der Waals surface area contributed by atoms with E-state index >= 15 is 0 Å². The molecule has 1 aliphatic carbocycles. The summed E-state index contributed by atoms with van der Waals surface area (Å²) < 4.78 is 17.3. The summed E-state index contributed by atoms with van der Waals surface area (Å²) in [5.41, 5.74) is 6.44. The number of nitrogens with zero attached hydrogens (tertiary/aromatic N) is 2. The van der Waals surface area contributed by atoms with Crippen LogP contribution in [0.1, 0.15) is 28.8 Å². The minimum Gasteiger partial charge on any atom is -0.454 e. The van der Waals surface area contributed by atoms with E-state index in [-0.39, 0.29) is 5.63 Å². The summed E-state index contributed by atoms with van der Waals surface area (Å²) in [7, 11) is 0. The zero-order chi connectivity index (χ0) is 20.9. The number of benzene rings is 1. The van der Waals surface area contributed by atoms with Gasteiger partial charge < -0.3 is 13.6 Å². The van der Waals surface area contributed by atoms with Crippen molar-refractivity contribution >= 4 is 21.9 Å². The van der Waals surface area contributed by atoms with Crippen LogP contribution in [0, 0.1) is 6.92 Å². The van der Waals surface area contributed by atoms with Crippen LogP contribution in [0.3, 0.4) is 0 Å². The fourth-order valence-electron chi connectivity index (χ4n) is 4.89. The molecule has 31 heavy (non-hydrogen) atoms. The van der Waals surface area contributed by atoms with Crippen LogP contribution in [0.25, 0.3) is 33.3 Å². The summed E-state index contributed by atoms with van der Waals surface area (Å²) in [6.45, 7) is 6.10. The second-order valence-corrected chi connectivity index (χ2v) is 8.56. The van der Waals surface area contributed by atoms with Gasteiger partial charge in [-0.2, -0.15) is 0 Å². The predicted molar refractivity (Wildman–Crippen MR) is 118 cm³/mol. The number of ether oxygens (including phenoxy) is 1. The number of furan rings is 1. The van der Waals surface area contributed by atoms with E-state index in [1.54, 1.807) is 6.07 Å². The smallest absolute Gasteiger partial charge is 0.336 e. The van der Waals surface area contributed by atoms with Gasteiger partial charge in [0.25, 0.3) is 0 Å². The zero-order valence-electron chi connectivity index (χ0n) is 17.6. The lowest BCUT2D eigenvalue weighted by molar-refractivity contribution is 0.0343. The quantitative estimate of drug-likeness (QED) is 0.466. The number of aromatic nitrogens is 1. The lowest BCUT2D eigenvalue weighted by Gasteiger charge is -2.26. The van der Waals surface area contributed by atoms with Gasteiger partial charge in [0.15, 0.2) is 5.58 Å². The third-order valence-corrected chi connectivity index (χ3v) is 6.54. The summed E-state index contributed by atoms with van der Waals surface area (Å²) in [6, 6.07) is 7.80. The second kappa shape index (κ2) is 7.32. The molecule has 4 heterocycles. The monoisotopic (exact) mass is 416 g/mol. The fourth-order valence-corrected chi connectivity index (χ4v) is 4.89. The van der Waals surface area contributed by atoms with E-state index in [0.29, 0.717) is 11.3 Å². The van der Waals surface area contributed by atoms with Gasteiger partial charge in [-0.25, -0.2) is 4.79 Å². The Morgan fingerprint density at radius 1 is 1.00 bits per heavy atom. The van der Waals surface area contributed by atoms with Crippen LogP contribution in [-0.2, 0) is 24.1 Å². The molecule has 0 N–H and O–H groups in total. The maximum atomic E-state index is 12.4. The molecule has 4 aromatic rings. The highest BCUT2D eigenvalue weighted by Gasteiger charge is 2.20. The lowest BCUT2D eigenvalue weighted by Crippen LogP contribution is -2.35. The highest BCUT2D eigenvalue weighted by molar-refractivity contribution is 5.96. The highest BCUT2D eigenvalue weighted by Crippen LogP contribution is 2.36. The average Bonchev–Trinajstić information content (AvgIpc) is 3.42. The molecule has 0 atom stereocenters. The van der Waals surface area contributed by atoms with Crippen molar-refractivity contribution < 1.29 is 13.6 Å². The van der Waals surface area contributed by atoms with Gasteiger partial charge in [0.1, 0.15) is 11.3 Å². The third kappa shape index (κ3) is 3.27. The molecule has 0 saturated carbocycles. The average molecular weight is 416 g/mol. The fraction of sp³-hybridized carbons (Fsp3) is 0.360. The number of fused-ring (bicyclic) bond motifs is 3. The molecule has 0 spiro atoms. The number of morpholine rings is 1. The van der Waals surface area contributed by atoms with Crippen LogP contribution in [0.15, 0.2) is 44.1 Å². The first-order valence-corrected chi connectivity index (χ1v) is 10.9. The van der Waals surface area contributed by atoms with Crippen LogP contribution in [0.4, 0.5) is 0 Å². The van der Waals surface area contributed by atoms with Crippen LogP contribution < -0.4 is 5.63 Å².